The van der Waals surface area contributed by atoms with Crippen molar-refractivity contribution in [1.82, 2.24) is 0 Å². The van der Waals surface area contributed by atoms with E-state index in [1.54, 1.807) is 0 Å². The first kappa shape index (κ1) is 23.8. The Bertz CT molecular complexity index is 213. The molecular formula is CaMo2O8Zn. The van der Waals surface area contributed by atoms with Crippen LogP contribution in [-0.2, 0) is 66.6 Å². The maximum Gasteiger partial charge on any atom is 2.00 e. The Morgan fingerprint density at radius 2 is 0.667 bits per heavy atom. The van der Waals surface area contributed by atoms with Gasteiger partial charge in [0.2, 0.25) is 0 Å². The number of hydrogen-bond acceptors (Lipinski definition) is 8. The van der Waals surface area contributed by atoms with E-state index in [1.807, 2.05) is 0 Å². The van der Waals surface area contributed by atoms with Crippen LogP contribution in [0.5, 0.6) is 0 Å². The van der Waals surface area contributed by atoms with Crippen LogP contribution >= 0.6 is 0 Å². The van der Waals surface area contributed by atoms with E-state index in [-0.39, 0.29) is 57.2 Å². The predicted octanol–water partition coefficient (Wildman–Crippen LogP) is -5.62. The molecule has 12 heavy (non-hydrogen) atoms. The molecule has 0 amide bonds. The smallest absolute Gasteiger partial charge is 2.00 e. The minimum Gasteiger partial charge on any atom is 2.00 e. The van der Waals surface area contributed by atoms with Crippen molar-refractivity contribution in [2.75, 3.05) is 0 Å². The zero-order chi connectivity index (χ0) is 9.00. The Balaban J connectivity index is -0.0000000457. The van der Waals surface area contributed by atoms with Gasteiger partial charge in [0.25, 0.3) is 0 Å². The summed E-state index contributed by atoms with van der Waals surface area (Å²) in [4.78, 5) is 0. The summed E-state index contributed by atoms with van der Waals surface area (Å²) in [6.45, 7) is 0. The van der Waals surface area contributed by atoms with Gasteiger partial charge in [-0.05, 0) is 0 Å². The van der Waals surface area contributed by atoms with Crippen molar-refractivity contribution in [3.05, 3.63) is 0 Å². The average Bonchev–Trinajstić information content (AvgIpc) is 1.12. The van der Waals surface area contributed by atoms with E-state index >= 15 is 0 Å². The second-order valence-corrected chi connectivity index (χ2v) is 4.83. The maximum absolute atomic E-state index is 8.63. The first-order chi connectivity index (χ1) is 4.00. The van der Waals surface area contributed by atoms with Crippen LogP contribution in [0.25, 0.3) is 0 Å². The van der Waals surface area contributed by atoms with Crippen molar-refractivity contribution in [2.45, 2.75) is 0 Å². The second-order valence-electron chi connectivity index (χ2n) is 0.816. The molecule has 0 N–H and O–H groups in total. The summed E-state index contributed by atoms with van der Waals surface area (Å²) in [6, 6.07) is 0. The Morgan fingerprint density at radius 3 is 0.667 bits per heavy atom. The summed E-state index contributed by atoms with van der Waals surface area (Å²) in [7, 11) is 0. The Morgan fingerprint density at radius 1 is 0.667 bits per heavy atom. The maximum atomic E-state index is 8.63. The molecule has 0 unspecified atom stereocenters. The van der Waals surface area contributed by atoms with Crippen molar-refractivity contribution in [2.24, 2.45) is 0 Å². The molecule has 0 radical (unpaired) electrons. The molecule has 0 spiro atoms. The van der Waals surface area contributed by atoms with Crippen LogP contribution in [0, 0.1) is 0 Å². The molecule has 0 fully saturated rings. The van der Waals surface area contributed by atoms with Gasteiger partial charge in [-0.1, -0.05) is 0 Å². The monoisotopic (exact) mass is 428 g/mol. The average molecular weight is 425 g/mol. The molecule has 0 heterocycles. The molecule has 0 rings (SSSR count). The van der Waals surface area contributed by atoms with Crippen molar-refractivity contribution < 1.29 is 81.6 Å². The van der Waals surface area contributed by atoms with Crippen molar-refractivity contribution in [3.8, 4) is 0 Å². The van der Waals surface area contributed by atoms with E-state index in [9.17, 15) is 0 Å². The molecule has 0 aromatic carbocycles. The van der Waals surface area contributed by atoms with E-state index in [0.29, 0.717) is 0 Å². The zero-order valence-corrected chi connectivity index (χ0v) is 14.7. The third kappa shape index (κ3) is 297. The first-order valence-corrected chi connectivity index (χ1v) is 7.89. The van der Waals surface area contributed by atoms with Crippen LogP contribution in [0.15, 0.2) is 0 Å². The minimum absolute atomic E-state index is 0. The molecule has 0 bridgehead atoms. The summed E-state index contributed by atoms with van der Waals surface area (Å²) in [5, 5.41) is 0. The van der Waals surface area contributed by atoms with Gasteiger partial charge in [-0.25, -0.2) is 0 Å². The summed E-state index contributed by atoms with van der Waals surface area (Å²) in [5.74, 6) is 0. The van der Waals surface area contributed by atoms with Gasteiger partial charge in [0.15, 0.2) is 0 Å². The van der Waals surface area contributed by atoms with E-state index in [4.69, 9.17) is 28.6 Å². The van der Waals surface area contributed by atoms with Crippen LogP contribution in [0.1, 0.15) is 0 Å². The fraction of sp³-hybridized carbons (Fsp3) is 0. The summed E-state index contributed by atoms with van der Waals surface area (Å²) >= 11 is -12.0. The molecule has 64 valence electrons. The molecule has 0 aliphatic heterocycles. The van der Waals surface area contributed by atoms with Crippen LogP contribution < -0.4 is 15.0 Å². The molecule has 0 aromatic rings. The summed E-state index contributed by atoms with van der Waals surface area (Å²) in [5.41, 5.74) is 0. The topological polar surface area (TPSA) is 161 Å². The molecule has 0 atom stereocenters. The largest absolute Gasteiger partial charge is 2.00 e. The molecule has 0 saturated heterocycles. The van der Waals surface area contributed by atoms with Crippen molar-refractivity contribution in [3.63, 3.8) is 0 Å². The fourth-order valence-corrected chi connectivity index (χ4v) is 0. The van der Waals surface area contributed by atoms with Gasteiger partial charge in [-0.2, -0.15) is 0 Å². The third-order valence-corrected chi connectivity index (χ3v) is 0. The molecule has 0 saturated carbocycles. The molecule has 0 aliphatic rings. The standard InChI is InChI=1S/Ca.2Mo.8O.Zn/q+2;;;;;;;4*-1;+2. The van der Waals surface area contributed by atoms with Gasteiger partial charge in [0.1, 0.15) is 0 Å². The van der Waals surface area contributed by atoms with Gasteiger partial charge < -0.3 is 0 Å². The number of hydrogen-bond donors (Lipinski definition) is 0. The summed E-state index contributed by atoms with van der Waals surface area (Å²) in [6.07, 6.45) is 0. The van der Waals surface area contributed by atoms with Gasteiger partial charge in [0.05, 0.1) is 0 Å². The van der Waals surface area contributed by atoms with Crippen LogP contribution in [0.3, 0.4) is 0 Å². The van der Waals surface area contributed by atoms with E-state index < -0.39 is 33.5 Å². The van der Waals surface area contributed by atoms with Crippen LogP contribution in [0.2, 0.25) is 0 Å². The minimum atomic E-state index is -6.02. The quantitative estimate of drug-likeness (QED) is 0.347. The Kier molecular flexibility index (Phi) is 19.6. The van der Waals surface area contributed by atoms with E-state index in [1.165, 1.54) is 0 Å². The molecule has 0 aromatic heterocycles. The van der Waals surface area contributed by atoms with Gasteiger partial charge in [-0.15, -0.1) is 0 Å². The first-order valence-electron chi connectivity index (χ1n) is 1.33. The van der Waals surface area contributed by atoms with Crippen molar-refractivity contribution >= 4 is 37.7 Å². The Hall–Kier alpha value is 2.30. The van der Waals surface area contributed by atoms with Crippen molar-refractivity contribution in [1.29, 1.82) is 0 Å². The van der Waals surface area contributed by atoms with Crippen LogP contribution in [-0.4, -0.2) is 37.7 Å². The molecule has 8 nitrogen and oxygen atoms in total. The van der Waals surface area contributed by atoms with E-state index in [0.717, 1.165) is 0 Å². The zero-order valence-electron chi connectivity index (χ0n) is 5.50. The summed E-state index contributed by atoms with van der Waals surface area (Å²) < 4.78 is 69.0. The molecular weight excluding hydrogens is 425 g/mol. The third-order valence-electron chi connectivity index (χ3n) is 0. The second kappa shape index (κ2) is 9.84. The van der Waals surface area contributed by atoms with Gasteiger partial charge in [-0.3, -0.25) is 0 Å². The fourth-order valence-electron chi connectivity index (χ4n) is 0. The molecule has 12 heteroatoms. The SMILES string of the molecule is [Ca+2].[O]=[Mo](=[O])([O-])[O-].[O]=[Mo](=[O])([O-])[O-].[Zn+2]. The number of rotatable bonds is 0. The Labute approximate surface area is 117 Å². The predicted molar refractivity (Wildman–Crippen MR) is 8.50 cm³/mol. The van der Waals surface area contributed by atoms with Gasteiger partial charge >= 0.3 is 119 Å². The van der Waals surface area contributed by atoms with Gasteiger partial charge in [0, 0.05) is 0 Å². The van der Waals surface area contributed by atoms with E-state index in [2.05, 4.69) is 0 Å². The van der Waals surface area contributed by atoms with Crippen LogP contribution in [0.4, 0.5) is 0 Å². The normalized spacial score (nSPS) is 9.67. The molecule has 0 aliphatic carbocycles.